The van der Waals surface area contributed by atoms with E-state index >= 15 is 0 Å². The van der Waals surface area contributed by atoms with Gasteiger partial charge >= 0.3 is 5.97 Å². The van der Waals surface area contributed by atoms with Gasteiger partial charge in [0.1, 0.15) is 10.3 Å². The van der Waals surface area contributed by atoms with Crippen molar-refractivity contribution in [3.8, 4) is 0 Å². The number of esters is 1. The molecule has 0 unspecified atom stereocenters. The number of hydrogen-bond donors (Lipinski definition) is 1. The first-order chi connectivity index (χ1) is 10.1. The van der Waals surface area contributed by atoms with E-state index in [0.717, 1.165) is 19.5 Å². The van der Waals surface area contributed by atoms with Crippen molar-refractivity contribution in [3.63, 3.8) is 0 Å². The standard InChI is InChI=1S/C13H18N2O4S2/c16-13-11(5-8-19-13)15-6-3-10(4-7-15)14-21(17,18)12-2-1-9-20-12/h1-2,9-11,14H,3-8H2/t11-/m0/s1. The molecule has 1 aromatic heterocycles. The summed E-state index contributed by atoms with van der Waals surface area (Å²) in [7, 11) is -3.41. The van der Waals surface area contributed by atoms with Crippen molar-refractivity contribution in [1.82, 2.24) is 9.62 Å². The predicted octanol–water partition coefficient (Wildman–Crippen LogP) is 0.806. The summed E-state index contributed by atoms with van der Waals surface area (Å²) in [5.41, 5.74) is 0. The Kier molecular flexibility index (Phi) is 4.30. The van der Waals surface area contributed by atoms with Crippen molar-refractivity contribution < 1.29 is 17.9 Å². The number of nitrogens with zero attached hydrogens (tertiary/aromatic N) is 1. The lowest BCUT2D eigenvalue weighted by molar-refractivity contribution is -0.142. The lowest BCUT2D eigenvalue weighted by Crippen LogP contribution is -2.49. The van der Waals surface area contributed by atoms with Crippen LogP contribution in [-0.4, -0.2) is 51.1 Å². The van der Waals surface area contributed by atoms with Gasteiger partial charge in [-0.05, 0) is 24.3 Å². The quantitative estimate of drug-likeness (QED) is 0.827. The zero-order valence-corrected chi connectivity index (χ0v) is 13.2. The summed E-state index contributed by atoms with van der Waals surface area (Å²) in [4.78, 5) is 13.7. The van der Waals surface area contributed by atoms with Crippen LogP contribution >= 0.6 is 11.3 Å². The van der Waals surface area contributed by atoms with Gasteiger partial charge in [-0.25, -0.2) is 13.1 Å². The number of sulfonamides is 1. The van der Waals surface area contributed by atoms with Gasteiger partial charge in [0.2, 0.25) is 10.0 Å². The Labute approximate surface area is 128 Å². The van der Waals surface area contributed by atoms with E-state index in [1.165, 1.54) is 11.3 Å². The maximum absolute atomic E-state index is 12.2. The maximum Gasteiger partial charge on any atom is 0.323 e. The number of piperidine rings is 1. The van der Waals surface area contributed by atoms with Crippen molar-refractivity contribution in [3.05, 3.63) is 17.5 Å². The Morgan fingerprint density at radius 3 is 2.62 bits per heavy atom. The third-order valence-corrected chi connectivity index (χ3v) is 6.88. The highest BCUT2D eigenvalue weighted by molar-refractivity contribution is 7.91. The minimum atomic E-state index is -3.41. The monoisotopic (exact) mass is 330 g/mol. The summed E-state index contributed by atoms with van der Waals surface area (Å²) in [6.07, 6.45) is 2.17. The fraction of sp³-hybridized carbons (Fsp3) is 0.615. The molecule has 0 bridgehead atoms. The normalized spacial score (nSPS) is 25.1. The number of hydrogen-bond acceptors (Lipinski definition) is 6. The van der Waals surface area contributed by atoms with Crippen LogP contribution in [0.2, 0.25) is 0 Å². The molecule has 1 N–H and O–H groups in total. The van der Waals surface area contributed by atoms with E-state index in [2.05, 4.69) is 9.62 Å². The predicted molar refractivity (Wildman–Crippen MR) is 78.6 cm³/mol. The number of cyclic esters (lactones) is 1. The van der Waals surface area contributed by atoms with E-state index in [9.17, 15) is 13.2 Å². The summed E-state index contributed by atoms with van der Waals surface area (Å²) in [6, 6.07) is 3.13. The molecule has 0 aromatic carbocycles. The molecule has 1 aromatic rings. The number of rotatable bonds is 4. The smallest absolute Gasteiger partial charge is 0.323 e. The molecule has 8 heteroatoms. The molecule has 2 aliphatic heterocycles. The van der Waals surface area contributed by atoms with E-state index in [4.69, 9.17) is 4.74 Å². The third-order valence-electron chi connectivity index (χ3n) is 3.96. The van der Waals surface area contributed by atoms with Crippen LogP contribution in [0.5, 0.6) is 0 Å². The second-order valence-corrected chi connectivity index (χ2v) is 8.22. The van der Waals surface area contributed by atoms with Crippen LogP contribution in [-0.2, 0) is 19.6 Å². The van der Waals surface area contributed by atoms with E-state index in [-0.39, 0.29) is 18.1 Å². The van der Waals surface area contributed by atoms with Crippen LogP contribution in [0.15, 0.2) is 21.7 Å². The van der Waals surface area contributed by atoms with Gasteiger partial charge in [0.05, 0.1) is 6.61 Å². The molecule has 2 aliphatic rings. The van der Waals surface area contributed by atoms with Crippen molar-refractivity contribution in [2.24, 2.45) is 0 Å². The fourth-order valence-electron chi connectivity index (χ4n) is 2.84. The summed E-state index contributed by atoms with van der Waals surface area (Å²) >= 11 is 1.22. The number of carbonyl (C=O) groups is 1. The molecule has 0 amide bonds. The molecule has 0 aliphatic carbocycles. The number of ether oxygens (including phenoxy) is 1. The molecule has 0 radical (unpaired) electrons. The van der Waals surface area contributed by atoms with Crippen LogP contribution in [0.1, 0.15) is 19.3 Å². The first kappa shape index (κ1) is 15.0. The van der Waals surface area contributed by atoms with Crippen LogP contribution in [0.3, 0.4) is 0 Å². The molecule has 2 saturated heterocycles. The SMILES string of the molecule is O=C1OCC[C@@H]1N1CCC(NS(=O)(=O)c2cccs2)CC1. The first-order valence-electron chi connectivity index (χ1n) is 7.03. The van der Waals surface area contributed by atoms with Gasteiger partial charge in [0, 0.05) is 25.6 Å². The Morgan fingerprint density at radius 1 is 1.29 bits per heavy atom. The van der Waals surface area contributed by atoms with Gasteiger partial charge in [0.25, 0.3) is 0 Å². The lowest BCUT2D eigenvalue weighted by atomic mass is 10.0. The number of thiophene rings is 1. The van der Waals surface area contributed by atoms with Gasteiger partial charge < -0.3 is 4.74 Å². The second-order valence-electron chi connectivity index (χ2n) is 5.34. The topological polar surface area (TPSA) is 75.7 Å². The van der Waals surface area contributed by atoms with Gasteiger partial charge in [-0.3, -0.25) is 9.69 Å². The zero-order chi connectivity index (χ0) is 14.9. The Hall–Kier alpha value is -0.960. The van der Waals surface area contributed by atoms with Crippen LogP contribution in [0.4, 0.5) is 0 Å². The van der Waals surface area contributed by atoms with Crippen molar-refractivity contribution in [2.45, 2.75) is 35.6 Å². The average Bonchev–Trinajstić information content (AvgIpc) is 3.10. The molecule has 21 heavy (non-hydrogen) atoms. The molecule has 3 rings (SSSR count). The molecular weight excluding hydrogens is 312 g/mol. The molecule has 6 nitrogen and oxygen atoms in total. The molecule has 2 fully saturated rings. The van der Waals surface area contributed by atoms with Gasteiger partial charge in [-0.2, -0.15) is 0 Å². The third kappa shape index (κ3) is 3.28. The molecule has 3 heterocycles. The largest absolute Gasteiger partial charge is 0.464 e. The van der Waals surface area contributed by atoms with Crippen molar-refractivity contribution >= 4 is 27.3 Å². The molecule has 0 spiro atoms. The second kappa shape index (κ2) is 6.04. The van der Waals surface area contributed by atoms with Crippen LogP contribution < -0.4 is 4.72 Å². The molecule has 116 valence electrons. The Bertz CT molecular complexity index is 592. The van der Waals surface area contributed by atoms with E-state index < -0.39 is 10.0 Å². The number of carbonyl (C=O) groups excluding carboxylic acids is 1. The van der Waals surface area contributed by atoms with E-state index in [0.29, 0.717) is 23.7 Å². The van der Waals surface area contributed by atoms with Gasteiger partial charge in [-0.1, -0.05) is 6.07 Å². The Morgan fingerprint density at radius 2 is 2.05 bits per heavy atom. The van der Waals surface area contributed by atoms with Crippen LogP contribution in [0.25, 0.3) is 0 Å². The van der Waals surface area contributed by atoms with Crippen LogP contribution in [0, 0.1) is 0 Å². The minimum Gasteiger partial charge on any atom is -0.464 e. The molecule has 0 saturated carbocycles. The summed E-state index contributed by atoms with van der Waals surface area (Å²) in [5, 5.41) is 1.75. The fourth-order valence-corrected chi connectivity index (χ4v) is 5.15. The molecule has 1 atom stereocenters. The highest BCUT2D eigenvalue weighted by atomic mass is 32.2. The zero-order valence-electron chi connectivity index (χ0n) is 11.5. The highest BCUT2D eigenvalue weighted by Crippen LogP contribution is 2.22. The number of likely N-dealkylation sites (tertiary alicyclic amines) is 1. The van der Waals surface area contributed by atoms with Gasteiger partial charge in [0.15, 0.2) is 0 Å². The summed E-state index contributed by atoms with van der Waals surface area (Å²) in [5.74, 6) is -0.146. The lowest BCUT2D eigenvalue weighted by Gasteiger charge is -2.34. The maximum atomic E-state index is 12.2. The molecular formula is C13H18N2O4S2. The summed E-state index contributed by atoms with van der Waals surface area (Å²) < 4.78 is 32.4. The highest BCUT2D eigenvalue weighted by Gasteiger charge is 2.35. The summed E-state index contributed by atoms with van der Waals surface area (Å²) in [6.45, 7) is 1.93. The van der Waals surface area contributed by atoms with E-state index in [1.54, 1.807) is 17.5 Å². The Balaban J connectivity index is 1.55. The van der Waals surface area contributed by atoms with Crippen molar-refractivity contribution in [1.29, 1.82) is 0 Å². The van der Waals surface area contributed by atoms with Crippen molar-refractivity contribution in [2.75, 3.05) is 19.7 Å². The first-order valence-corrected chi connectivity index (χ1v) is 9.39. The number of nitrogens with one attached hydrogen (secondary N) is 1. The minimum absolute atomic E-state index is 0.0641. The van der Waals surface area contributed by atoms with E-state index in [1.807, 2.05) is 0 Å². The average molecular weight is 330 g/mol. The van der Waals surface area contributed by atoms with Gasteiger partial charge in [-0.15, -0.1) is 11.3 Å².